The number of phenolic OH excluding ortho intramolecular Hbond substituents is 1. The quantitative estimate of drug-likeness (QED) is 0.775. The van der Waals surface area contributed by atoms with Crippen LogP contribution in [0.4, 0.5) is 0 Å². The summed E-state index contributed by atoms with van der Waals surface area (Å²) in [5.74, 6) is -1.51. The molecule has 6 heteroatoms. The number of aromatic hydroxyl groups is 1. The number of carbonyl (C=O) groups is 2. The summed E-state index contributed by atoms with van der Waals surface area (Å²) >= 11 is 1.98. The predicted molar refractivity (Wildman–Crippen MR) is 77.1 cm³/mol. The molecule has 0 radical (unpaired) electrons. The van der Waals surface area contributed by atoms with Gasteiger partial charge in [-0.1, -0.05) is 0 Å². The molecule has 0 aliphatic carbocycles. The van der Waals surface area contributed by atoms with Gasteiger partial charge in [0.1, 0.15) is 5.75 Å². The minimum Gasteiger partial charge on any atom is -0.507 e. The first-order valence-corrected chi connectivity index (χ1v) is 7.07. The maximum absolute atomic E-state index is 12.3. The van der Waals surface area contributed by atoms with Crippen LogP contribution in [-0.4, -0.2) is 40.1 Å². The van der Waals surface area contributed by atoms with Crippen molar-refractivity contribution in [3.05, 3.63) is 27.3 Å². The Morgan fingerprint density at radius 3 is 2.74 bits per heavy atom. The van der Waals surface area contributed by atoms with Gasteiger partial charge in [-0.15, -0.1) is 0 Å². The number of piperidine rings is 1. The second-order valence-electron chi connectivity index (χ2n) is 4.59. The van der Waals surface area contributed by atoms with Crippen LogP contribution in [0.1, 0.15) is 23.2 Å². The fourth-order valence-corrected chi connectivity index (χ4v) is 2.53. The van der Waals surface area contributed by atoms with Crippen molar-refractivity contribution >= 4 is 34.5 Å². The highest BCUT2D eigenvalue weighted by Gasteiger charge is 2.28. The molecule has 19 heavy (non-hydrogen) atoms. The van der Waals surface area contributed by atoms with E-state index in [9.17, 15) is 14.7 Å². The average molecular weight is 375 g/mol. The van der Waals surface area contributed by atoms with Crippen LogP contribution < -0.4 is 0 Å². The first-order chi connectivity index (χ1) is 8.99. The minimum absolute atomic E-state index is 0.0678. The first-order valence-electron chi connectivity index (χ1n) is 5.99. The summed E-state index contributed by atoms with van der Waals surface area (Å²) in [6.07, 6.45) is 1.30. The van der Waals surface area contributed by atoms with Gasteiger partial charge in [0.25, 0.3) is 5.91 Å². The topological polar surface area (TPSA) is 77.8 Å². The third-order valence-electron chi connectivity index (χ3n) is 3.25. The molecule has 0 unspecified atom stereocenters. The van der Waals surface area contributed by atoms with Crippen LogP contribution in [0, 0.1) is 9.49 Å². The Morgan fingerprint density at radius 1 is 1.37 bits per heavy atom. The Bertz CT molecular complexity index is 517. The Labute approximate surface area is 124 Å². The molecule has 2 N–H and O–H groups in total. The van der Waals surface area contributed by atoms with Crippen LogP contribution in [-0.2, 0) is 4.79 Å². The zero-order chi connectivity index (χ0) is 14.0. The number of likely N-dealkylation sites (tertiary alicyclic amines) is 1. The summed E-state index contributed by atoms with van der Waals surface area (Å²) in [5.41, 5.74) is 0.393. The first kappa shape index (κ1) is 14.1. The molecule has 1 aliphatic heterocycles. The number of carbonyl (C=O) groups excluding carboxylic acids is 1. The summed E-state index contributed by atoms with van der Waals surface area (Å²) in [6, 6.07) is 4.74. The largest absolute Gasteiger partial charge is 0.507 e. The number of hydrogen-bond acceptors (Lipinski definition) is 3. The number of phenols is 1. The number of carboxylic acids is 1. The summed E-state index contributed by atoms with van der Waals surface area (Å²) in [5, 5.41) is 18.6. The van der Waals surface area contributed by atoms with Gasteiger partial charge in [-0.05, 0) is 53.6 Å². The molecule has 1 fully saturated rings. The molecule has 1 heterocycles. The third kappa shape index (κ3) is 3.17. The second kappa shape index (κ2) is 5.77. The van der Waals surface area contributed by atoms with Crippen LogP contribution in [0.25, 0.3) is 0 Å². The average Bonchev–Trinajstić information content (AvgIpc) is 2.41. The minimum atomic E-state index is -0.858. The number of benzene rings is 1. The van der Waals surface area contributed by atoms with Crippen LogP contribution in [0.3, 0.4) is 0 Å². The molecule has 0 spiro atoms. The SMILES string of the molecule is O=C(O)[C@@H]1CCCN(C(=O)c2ccc(I)c(O)c2)C1. The number of hydrogen-bond donors (Lipinski definition) is 2. The van der Waals surface area contributed by atoms with Gasteiger partial charge in [0.15, 0.2) is 0 Å². The number of halogens is 1. The molecule has 102 valence electrons. The predicted octanol–water partition coefficient (Wildman–Crippen LogP) is 1.93. The Balaban J connectivity index is 2.14. The fraction of sp³-hybridized carbons (Fsp3) is 0.385. The monoisotopic (exact) mass is 375 g/mol. The highest BCUT2D eigenvalue weighted by atomic mass is 127. The van der Waals surface area contributed by atoms with Gasteiger partial charge in [0.2, 0.25) is 0 Å². The smallest absolute Gasteiger partial charge is 0.308 e. The van der Waals surface area contributed by atoms with E-state index in [4.69, 9.17) is 5.11 Å². The maximum atomic E-state index is 12.3. The van der Waals surface area contributed by atoms with Gasteiger partial charge in [0.05, 0.1) is 9.49 Å². The number of rotatable bonds is 2. The van der Waals surface area contributed by atoms with Crippen LogP contribution in [0.15, 0.2) is 18.2 Å². The lowest BCUT2D eigenvalue weighted by Gasteiger charge is -2.30. The number of amides is 1. The van der Waals surface area contributed by atoms with Crippen molar-refractivity contribution < 1.29 is 19.8 Å². The maximum Gasteiger partial charge on any atom is 0.308 e. The lowest BCUT2D eigenvalue weighted by atomic mass is 9.97. The molecule has 1 atom stereocenters. The fourth-order valence-electron chi connectivity index (χ4n) is 2.19. The number of aliphatic carboxylic acids is 1. The molecule has 0 aromatic heterocycles. The van der Waals surface area contributed by atoms with Gasteiger partial charge in [0, 0.05) is 18.7 Å². The van der Waals surface area contributed by atoms with Gasteiger partial charge < -0.3 is 15.1 Å². The zero-order valence-electron chi connectivity index (χ0n) is 10.2. The molecule has 1 amide bonds. The molecule has 0 saturated carbocycles. The van der Waals surface area contributed by atoms with Crippen LogP contribution in [0.2, 0.25) is 0 Å². The summed E-state index contributed by atoms with van der Waals surface area (Å²) in [6.45, 7) is 0.802. The molecule has 1 aromatic carbocycles. The van der Waals surface area contributed by atoms with Crippen LogP contribution >= 0.6 is 22.6 Å². The van der Waals surface area contributed by atoms with Crippen molar-refractivity contribution in [3.8, 4) is 5.75 Å². The zero-order valence-corrected chi connectivity index (χ0v) is 12.3. The van der Waals surface area contributed by atoms with Crippen molar-refractivity contribution in [3.63, 3.8) is 0 Å². The van der Waals surface area contributed by atoms with Crippen molar-refractivity contribution in [2.24, 2.45) is 5.92 Å². The lowest BCUT2D eigenvalue weighted by Crippen LogP contribution is -2.42. The van der Waals surface area contributed by atoms with E-state index >= 15 is 0 Å². The second-order valence-corrected chi connectivity index (χ2v) is 5.76. The van der Waals surface area contributed by atoms with E-state index in [2.05, 4.69) is 0 Å². The van der Waals surface area contributed by atoms with E-state index in [0.29, 0.717) is 28.5 Å². The molecule has 2 rings (SSSR count). The Kier molecular flexibility index (Phi) is 4.28. The van der Waals surface area contributed by atoms with E-state index in [1.54, 1.807) is 17.0 Å². The molecule has 1 aliphatic rings. The van der Waals surface area contributed by atoms with E-state index in [0.717, 1.165) is 0 Å². The number of carboxylic acid groups (broad SMARTS) is 1. The summed E-state index contributed by atoms with van der Waals surface area (Å²) < 4.78 is 0.677. The molecular formula is C13H14INO4. The highest BCUT2D eigenvalue weighted by Crippen LogP contribution is 2.23. The standard InChI is InChI=1S/C13H14INO4/c14-10-4-3-8(6-11(10)16)12(17)15-5-1-2-9(7-15)13(18)19/h3-4,6,9,16H,1-2,5,7H2,(H,18,19)/t9-/m1/s1. The van der Waals surface area contributed by atoms with Crippen molar-refractivity contribution in [2.45, 2.75) is 12.8 Å². The number of nitrogens with zero attached hydrogens (tertiary/aromatic N) is 1. The molecule has 0 bridgehead atoms. The molecule has 5 nitrogen and oxygen atoms in total. The van der Waals surface area contributed by atoms with E-state index in [-0.39, 0.29) is 18.2 Å². The molecule has 1 saturated heterocycles. The molecular weight excluding hydrogens is 361 g/mol. The van der Waals surface area contributed by atoms with Crippen molar-refractivity contribution in [1.82, 2.24) is 4.90 Å². The third-order valence-corrected chi connectivity index (χ3v) is 4.16. The Morgan fingerprint density at radius 2 is 2.11 bits per heavy atom. The Hall–Kier alpha value is -1.31. The summed E-state index contributed by atoms with van der Waals surface area (Å²) in [4.78, 5) is 24.8. The van der Waals surface area contributed by atoms with E-state index < -0.39 is 11.9 Å². The normalized spacial score (nSPS) is 19.2. The van der Waals surface area contributed by atoms with Crippen LogP contribution in [0.5, 0.6) is 5.75 Å². The van der Waals surface area contributed by atoms with E-state index in [1.165, 1.54) is 6.07 Å². The van der Waals surface area contributed by atoms with Crippen molar-refractivity contribution in [1.29, 1.82) is 0 Å². The van der Waals surface area contributed by atoms with Gasteiger partial charge in [-0.3, -0.25) is 9.59 Å². The lowest BCUT2D eigenvalue weighted by molar-refractivity contribution is -0.143. The van der Waals surface area contributed by atoms with Gasteiger partial charge in [-0.25, -0.2) is 0 Å². The van der Waals surface area contributed by atoms with E-state index in [1.807, 2.05) is 22.6 Å². The van der Waals surface area contributed by atoms with Crippen molar-refractivity contribution in [2.75, 3.05) is 13.1 Å². The highest BCUT2D eigenvalue weighted by molar-refractivity contribution is 14.1. The summed E-state index contributed by atoms with van der Waals surface area (Å²) in [7, 11) is 0. The van der Waals surface area contributed by atoms with Gasteiger partial charge in [-0.2, -0.15) is 0 Å². The molecule has 1 aromatic rings. The van der Waals surface area contributed by atoms with Gasteiger partial charge >= 0.3 is 5.97 Å².